The van der Waals surface area contributed by atoms with Gasteiger partial charge >= 0.3 is 0 Å². The minimum atomic E-state index is -3.44. The van der Waals surface area contributed by atoms with Crippen LogP contribution in [0.2, 0.25) is 5.02 Å². The van der Waals surface area contributed by atoms with Gasteiger partial charge in [-0.25, -0.2) is 8.42 Å². The number of benzene rings is 2. The van der Waals surface area contributed by atoms with Crippen molar-refractivity contribution in [1.29, 1.82) is 0 Å². The van der Waals surface area contributed by atoms with Crippen molar-refractivity contribution in [3.05, 3.63) is 58.6 Å². The number of rotatable bonds is 4. The monoisotopic (exact) mass is 379 g/mol. The van der Waals surface area contributed by atoms with Gasteiger partial charge in [-0.2, -0.15) is 4.31 Å². The van der Waals surface area contributed by atoms with Crippen LogP contribution in [0.3, 0.4) is 0 Å². The van der Waals surface area contributed by atoms with Gasteiger partial charge in [0.05, 0.1) is 9.92 Å². The molecule has 0 saturated carbocycles. The summed E-state index contributed by atoms with van der Waals surface area (Å²) in [5.41, 5.74) is 2.03. The second-order valence-corrected chi connectivity index (χ2v) is 8.77. The Balaban J connectivity index is 1.66. The predicted octanol–water partition coefficient (Wildman–Crippen LogP) is 4.19. The Morgan fingerprint density at radius 3 is 2.28 bits per heavy atom. The molecule has 1 fully saturated rings. The smallest absolute Gasteiger partial charge is 0.243 e. The van der Waals surface area contributed by atoms with Crippen LogP contribution in [-0.4, -0.2) is 31.9 Å². The highest BCUT2D eigenvalue weighted by atomic mass is 35.5. The fourth-order valence-corrected chi connectivity index (χ4v) is 4.72. The van der Waals surface area contributed by atoms with Gasteiger partial charge in [0.25, 0.3) is 0 Å². The lowest BCUT2D eigenvalue weighted by Gasteiger charge is -2.32. The zero-order valence-corrected chi connectivity index (χ0v) is 16.0. The molecule has 134 valence electrons. The lowest BCUT2D eigenvalue weighted by molar-refractivity contribution is 0.134. The molecule has 0 spiro atoms. The molecule has 0 bridgehead atoms. The summed E-state index contributed by atoms with van der Waals surface area (Å²) >= 11 is 6.21. The van der Waals surface area contributed by atoms with Crippen molar-refractivity contribution < 1.29 is 13.2 Å². The zero-order chi connectivity index (χ0) is 18.0. The number of halogens is 1. The molecule has 0 aliphatic carbocycles. The van der Waals surface area contributed by atoms with Crippen LogP contribution in [-0.2, 0) is 10.0 Å². The van der Waals surface area contributed by atoms with Crippen molar-refractivity contribution in [3.63, 3.8) is 0 Å². The maximum Gasteiger partial charge on any atom is 0.243 e. The average Bonchev–Trinajstić information content (AvgIpc) is 2.59. The molecular formula is C19H22ClNO3S. The lowest BCUT2D eigenvalue weighted by atomic mass is 10.1. The second kappa shape index (κ2) is 7.36. The Morgan fingerprint density at radius 1 is 1.04 bits per heavy atom. The molecule has 0 N–H and O–H groups in total. The molecule has 25 heavy (non-hydrogen) atoms. The van der Waals surface area contributed by atoms with Gasteiger partial charge in [0.2, 0.25) is 10.0 Å². The molecule has 1 aliphatic rings. The Hall–Kier alpha value is -1.56. The van der Waals surface area contributed by atoms with Crippen molar-refractivity contribution in [1.82, 2.24) is 4.31 Å². The molecule has 6 heteroatoms. The average molecular weight is 380 g/mol. The van der Waals surface area contributed by atoms with Crippen LogP contribution in [0.15, 0.2) is 47.4 Å². The number of hydrogen-bond donors (Lipinski definition) is 0. The van der Waals surface area contributed by atoms with Gasteiger partial charge in [-0.1, -0.05) is 41.4 Å². The molecule has 1 aliphatic heterocycles. The molecule has 0 atom stereocenters. The summed E-state index contributed by atoms with van der Waals surface area (Å²) in [7, 11) is -3.44. The van der Waals surface area contributed by atoms with Crippen LogP contribution in [0.25, 0.3) is 0 Å². The first kappa shape index (κ1) is 18.2. The van der Waals surface area contributed by atoms with E-state index in [1.54, 1.807) is 18.2 Å². The molecule has 0 radical (unpaired) electrons. The van der Waals surface area contributed by atoms with Gasteiger partial charge in [-0.3, -0.25) is 0 Å². The van der Waals surface area contributed by atoms with E-state index in [1.165, 1.54) is 4.31 Å². The molecule has 2 aromatic rings. The van der Waals surface area contributed by atoms with Crippen LogP contribution in [0.5, 0.6) is 5.75 Å². The molecule has 1 saturated heterocycles. The molecule has 0 aromatic heterocycles. The number of hydrogen-bond acceptors (Lipinski definition) is 3. The number of sulfonamides is 1. The quantitative estimate of drug-likeness (QED) is 0.800. The van der Waals surface area contributed by atoms with E-state index in [9.17, 15) is 8.42 Å². The van der Waals surface area contributed by atoms with E-state index in [4.69, 9.17) is 16.3 Å². The van der Waals surface area contributed by atoms with E-state index >= 15 is 0 Å². The topological polar surface area (TPSA) is 46.6 Å². The molecule has 0 unspecified atom stereocenters. The van der Waals surface area contributed by atoms with Crippen molar-refractivity contribution in [3.8, 4) is 5.75 Å². The molecule has 3 rings (SSSR count). The fourth-order valence-electron chi connectivity index (χ4n) is 2.98. The molecule has 0 amide bonds. The molecular weight excluding hydrogens is 358 g/mol. The van der Waals surface area contributed by atoms with E-state index in [0.717, 1.165) is 11.1 Å². The zero-order valence-electron chi connectivity index (χ0n) is 14.4. The molecule has 2 aromatic carbocycles. The van der Waals surface area contributed by atoms with Gasteiger partial charge in [-0.15, -0.1) is 0 Å². The van der Waals surface area contributed by atoms with Crippen LogP contribution in [0.4, 0.5) is 0 Å². The van der Waals surface area contributed by atoms with Crippen molar-refractivity contribution >= 4 is 21.6 Å². The first-order valence-corrected chi connectivity index (χ1v) is 10.2. The maximum absolute atomic E-state index is 12.7. The van der Waals surface area contributed by atoms with E-state index in [-0.39, 0.29) is 6.10 Å². The third kappa shape index (κ3) is 4.00. The maximum atomic E-state index is 12.7. The second-order valence-electron chi connectivity index (χ2n) is 6.42. The van der Waals surface area contributed by atoms with Crippen molar-refractivity contribution in [2.75, 3.05) is 13.1 Å². The summed E-state index contributed by atoms with van der Waals surface area (Å²) in [6.45, 7) is 4.79. The summed E-state index contributed by atoms with van der Waals surface area (Å²) in [6, 6.07) is 12.6. The van der Waals surface area contributed by atoms with Crippen LogP contribution in [0.1, 0.15) is 24.0 Å². The third-order valence-electron chi connectivity index (χ3n) is 4.51. The highest BCUT2D eigenvalue weighted by Crippen LogP contribution is 2.31. The van der Waals surface area contributed by atoms with Crippen LogP contribution in [0, 0.1) is 13.8 Å². The highest BCUT2D eigenvalue weighted by molar-refractivity contribution is 7.89. The van der Waals surface area contributed by atoms with Gasteiger partial charge < -0.3 is 4.74 Å². The minimum absolute atomic E-state index is 0.0249. The summed E-state index contributed by atoms with van der Waals surface area (Å²) in [5, 5.41) is 0.592. The molecule has 1 heterocycles. The van der Waals surface area contributed by atoms with E-state index < -0.39 is 10.0 Å². The highest BCUT2D eigenvalue weighted by Gasteiger charge is 2.30. The van der Waals surface area contributed by atoms with E-state index in [0.29, 0.717) is 41.6 Å². The number of aryl methyl sites for hydroxylation is 2. The van der Waals surface area contributed by atoms with Crippen molar-refractivity contribution in [2.45, 2.75) is 37.7 Å². The standard InChI is InChI=1S/C19H22ClNO3S/c1-14-6-8-17(9-7-14)25(22,23)21-12-10-16(11-13-21)24-19-15(2)4-3-5-18(19)20/h3-9,16H,10-13H2,1-2H3. The van der Waals surface area contributed by atoms with E-state index in [2.05, 4.69) is 0 Å². The van der Waals surface area contributed by atoms with Crippen LogP contribution >= 0.6 is 11.6 Å². The van der Waals surface area contributed by atoms with Gasteiger partial charge in [0, 0.05) is 13.1 Å². The van der Waals surface area contributed by atoms with Gasteiger partial charge in [-0.05, 0) is 50.5 Å². The lowest BCUT2D eigenvalue weighted by Crippen LogP contribution is -2.41. The SMILES string of the molecule is Cc1ccc(S(=O)(=O)N2CCC(Oc3c(C)cccc3Cl)CC2)cc1. The largest absolute Gasteiger partial charge is 0.488 e. The summed E-state index contributed by atoms with van der Waals surface area (Å²) in [5.74, 6) is 0.698. The number of para-hydroxylation sites is 1. The predicted molar refractivity (Wildman–Crippen MR) is 99.8 cm³/mol. The Bertz CT molecular complexity index is 821. The normalized spacial score (nSPS) is 16.8. The Morgan fingerprint density at radius 2 is 1.68 bits per heavy atom. The van der Waals surface area contributed by atoms with E-state index in [1.807, 2.05) is 38.1 Å². The summed E-state index contributed by atoms with van der Waals surface area (Å²) in [4.78, 5) is 0.347. The van der Waals surface area contributed by atoms with Crippen molar-refractivity contribution in [2.24, 2.45) is 0 Å². The first-order valence-electron chi connectivity index (χ1n) is 8.36. The van der Waals surface area contributed by atoms with Gasteiger partial charge in [0.15, 0.2) is 0 Å². The number of nitrogens with zero attached hydrogens (tertiary/aromatic N) is 1. The Labute approximate surface area is 154 Å². The summed E-state index contributed by atoms with van der Waals surface area (Å²) in [6.07, 6.45) is 1.27. The molecule has 4 nitrogen and oxygen atoms in total. The number of ether oxygens (including phenoxy) is 1. The minimum Gasteiger partial charge on any atom is -0.488 e. The fraction of sp³-hybridized carbons (Fsp3) is 0.368. The number of piperidine rings is 1. The third-order valence-corrected chi connectivity index (χ3v) is 6.72. The Kier molecular flexibility index (Phi) is 5.37. The summed E-state index contributed by atoms with van der Waals surface area (Å²) < 4.78 is 33.1. The van der Waals surface area contributed by atoms with Crippen LogP contribution < -0.4 is 4.74 Å². The van der Waals surface area contributed by atoms with Gasteiger partial charge in [0.1, 0.15) is 11.9 Å². The first-order chi connectivity index (χ1) is 11.9.